The average molecular weight is 280 g/mol. The summed E-state index contributed by atoms with van der Waals surface area (Å²) in [5.74, 6) is 0.194. The molecule has 0 fully saturated rings. The summed E-state index contributed by atoms with van der Waals surface area (Å²) in [6, 6.07) is 8.09. The van der Waals surface area contributed by atoms with Crippen molar-refractivity contribution in [1.82, 2.24) is 9.71 Å². The number of benzene rings is 1. The summed E-state index contributed by atoms with van der Waals surface area (Å²) in [7, 11) is -3.11. The molecule has 0 unspecified atom stereocenters. The molecule has 0 aliphatic heterocycles. The van der Waals surface area contributed by atoms with Gasteiger partial charge in [0, 0.05) is 23.1 Å². The normalized spacial score (nSPS) is 12.1. The summed E-state index contributed by atoms with van der Waals surface area (Å²) in [6.45, 7) is 4.34. The first-order chi connectivity index (χ1) is 9.03. The fraction of sp³-hybridized carbons (Fsp3) is 0.429. The van der Waals surface area contributed by atoms with Crippen LogP contribution >= 0.6 is 0 Å². The molecule has 0 aliphatic rings. The van der Waals surface area contributed by atoms with Gasteiger partial charge in [-0.2, -0.15) is 0 Å². The van der Waals surface area contributed by atoms with Gasteiger partial charge in [-0.1, -0.05) is 25.1 Å². The van der Waals surface area contributed by atoms with Crippen molar-refractivity contribution < 1.29 is 8.42 Å². The predicted molar refractivity (Wildman–Crippen MR) is 78.8 cm³/mol. The molecule has 0 amide bonds. The first-order valence-corrected chi connectivity index (χ1v) is 8.22. The molecule has 0 aliphatic carbocycles. The molecular formula is C14H20N2O2S. The Labute approximate surface area is 114 Å². The van der Waals surface area contributed by atoms with Crippen LogP contribution in [0.15, 0.2) is 24.3 Å². The third-order valence-corrected chi connectivity index (χ3v) is 4.79. The van der Waals surface area contributed by atoms with E-state index in [1.807, 2.05) is 32.0 Å². The number of hydrogen-bond donors (Lipinski definition) is 2. The second-order valence-corrected chi connectivity index (χ2v) is 6.66. The van der Waals surface area contributed by atoms with Crippen LogP contribution in [0.5, 0.6) is 0 Å². The molecule has 0 spiro atoms. The molecule has 0 saturated heterocycles. The quantitative estimate of drug-likeness (QED) is 0.853. The van der Waals surface area contributed by atoms with Crippen molar-refractivity contribution in [2.75, 3.05) is 12.3 Å². The summed E-state index contributed by atoms with van der Waals surface area (Å²) in [6.07, 6.45) is 1.35. The number of aromatic amines is 1. The molecule has 1 heterocycles. The van der Waals surface area contributed by atoms with Gasteiger partial charge >= 0.3 is 0 Å². The van der Waals surface area contributed by atoms with Crippen LogP contribution in [0.25, 0.3) is 10.9 Å². The fourth-order valence-electron chi connectivity index (χ4n) is 2.33. The lowest BCUT2D eigenvalue weighted by Gasteiger charge is -2.05. The predicted octanol–water partition coefficient (Wildman–Crippen LogP) is 2.35. The van der Waals surface area contributed by atoms with Crippen molar-refractivity contribution in [2.45, 2.75) is 26.7 Å². The topological polar surface area (TPSA) is 62.0 Å². The highest BCUT2D eigenvalue weighted by atomic mass is 32.2. The van der Waals surface area contributed by atoms with E-state index in [1.165, 1.54) is 10.9 Å². The molecular weight excluding hydrogens is 260 g/mol. The molecule has 4 nitrogen and oxygen atoms in total. The van der Waals surface area contributed by atoms with Crippen LogP contribution in [0.3, 0.4) is 0 Å². The highest BCUT2D eigenvalue weighted by molar-refractivity contribution is 7.89. The summed E-state index contributed by atoms with van der Waals surface area (Å²) < 4.78 is 25.8. The first kappa shape index (κ1) is 14.1. The van der Waals surface area contributed by atoms with Crippen molar-refractivity contribution in [3.63, 3.8) is 0 Å². The van der Waals surface area contributed by atoms with Crippen LogP contribution < -0.4 is 4.72 Å². The number of nitrogens with one attached hydrogen (secondary N) is 2. The molecule has 0 radical (unpaired) electrons. The number of sulfonamides is 1. The Hall–Kier alpha value is -1.33. The lowest BCUT2D eigenvalue weighted by Crippen LogP contribution is -2.28. The summed E-state index contributed by atoms with van der Waals surface area (Å²) in [5.41, 5.74) is 3.40. The van der Waals surface area contributed by atoms with E-state index >= 15 is 0 Å². The van der Waals surface area contributed by atoms with Crippen molar-refractivity contribution in [1.29, 1.82) is 0 Å². The Morgan fingerprint density at radius 2 is 2.00 bits per heavy atom. The third-order valence-electron chi connectivity index (χ3n) is 3.20. The maximum absolute atomic E-state index is 11.6. The van der Waals surface area contributed by atoms with E-state index in [9.17, 15) is 8.42 Å². The maximum Gasteiger partial charge on any atom is 0.211 e. The zero-order valence-corrected chi connectivity index (χ0v) is 12.2. The van der Waals surface area contributed by atoms with Crippen LogP contribution in [0, 0.1) is 6.92 Å². The smallest absolute Gasteiger partial charge is 0.211 e. The van der Waals surface area contributed by atoms with Gasteiger partial charge in [0.1, 0.15) is 0 Å². The first-order valence-electron chi connectivity index (χ1n) is 6.57. The minimum Gasteiger partial charge on any atom is -0.358 e. The maximum atomic E-state index is 11.6. The van der Waals surface area contributed by atoms with Crippen molar-refractivity contribution in [2.24, 2.45) is 0 Å². The van der Waals surface area contributed by atoms with Gasteiger partial charge in [-0.05, 0) is 31.4 Å². The largest absolute Gasteiger partial charge is 0.358 e. The van der Waals surface area contributed by atoms with Gasteiger partial charge in [-0.25, -0.2) is 13.1 Å². The zero-order valence-electron chi connectivity index (χ0n) is 11.4. The Balaban J connectivity index is 2.08. The van der Waals surface area contributed by atoms with Gasteiger partial charge in [-0.15, -0.1) is 0 Å². The Morgan fingerprint density at radius 1 is 1.26 bits per heavy atom. The van der Waals surface area contributed by atoms with Gasteiger partial charge in [0.05, 0.1) is 5.75 Å². The molecule has 1 aromatic heterocycles. The van der Waals surface area contributed by atoms with Crippen LogP contribution in [0.2, 0.25) is 0 Å². The van der Waals surface area contributed by atoms with E-state index in [0.717, 1.165) is 11.2 Å². The van der Waals surface area contributed by atoms with Gasteiger partial charge < -0.3 is 4.98 Å². The number of fused-ring (bicyclic) bond motifs is 1. The van der Waals surface area contributed by atoms with Gasteiger partial charge in [0.25, 0.3) is 0 Å². The minimum absolute atomic E-state index is 0.194. The summed E-state index contributed by atoms with van der Waals surface area (Å²) in [5, 5.41) is 1.18. The molecule has 2 aromatic rings. The van der Waals surface area contributed by atoms with Crippen LogP contribution in [-0.2, 0) is 16.4 Å². The number of aryl methyl sites for hydroxylation is 1. The van der Waals surface area contributed by atoms with E-state index < -0.39 is 10.0 Å². The number of aromatic nitrogens is 1. The SMILES string of the molecule is CCCS(=O)(=O)NCCc1c(C)[nH]c2ccccc12. The van der Waals surface area contributed by atoms with E-state index in [0.29, 0.717) is 19.4 Å². The van der Waals surface area contributed by atoms with Crippen LogP contribution in [0.4, 0.5) is 0 Å². The van der Waals surface area contributed by atoms with Gasteiger partial charge in [0.2, 0.25) is 10.0 Å². The van der Waals surface area contributed by atoms with Crippen molar-refractivity contribution in [3.05, 3.63) is 35.5 Å². The van der Waals surface area contributed by atoms with E-state index in [4.69, 9.17) is 0 Å². The highest BCUT2D eigenvalue weighted by Crippen LogP contribution is 2.21. The van der Waals surface area contributed by atoms with Crippen molar-refractivity contribution >= 4 is 20.9 Å². The van der Waals surface area contributed by atoms with Gasteiger partial charge in [-0.3, -0.25) is 0 Å². The Kier molecular flexibility index (Phi) is 4.27. The standard InChI is InChI=1S/C14H20N2O2S/c1-3-10-19(17,18)15-9-8-12-11(2)16-14-7-5-4-6-13(12)14/h4-7,15-16H,3,8-10H2,1-2H3. The molecule has 0 bridgehead atoms. The average Bonchev–Trinajstić information content (AvgIpc) is 2.66. The Bertz CT molecular complexity index is 659. The molecule has 0 atom stereocenters. The Morgan fingerprint density at radius 3 is 2.74 bits per heavy atom. The molecule has 0 saturated carbocycles. The zero-order chi connectivity index (χ0) is 13.9. The van der Waals surface area contributed by atoms with Crippen molar-refractivity contribution in [3.8, 4) is 0 Å². The van der Waals surface area contributed by atoms with E-state index in [2.05, 4.69) is 15.8 Å². The number of hydrogen-bond acceptors (Lipinski definition) is 2. The third kappa shape index (κ3) is 3.36. The fourth-order valence-corrected chi connectivity index (χ4v) is 3.42. The van der Waals surface area contributed by atoms with E-state index in [1.54, 1.807) is 0 Å². The monoisotopic (exact) mass is 280 g/mol. The number of H-pyrrole nitrogens is 1. The van der Waals surface area contributed by atoms with Crippen LogP contribution in [-0.4, -0.2) is 25.7 Å². The lowest BCUT2D eigenvalue weighted by molar-refractivity contribution is 0.580. The molecule has 1 aromatic carbocycles. The minimum atomic E-state index is -3.11. The number of para-hydroxylation sites is 1. The highest BCUT2D eigenvalue weighted by Gasteiger charge is 2.10. The van der Waals surface area contributed by atoms with Gasteiger partial charge in [0.15, 0.2) is 0 Å². The summed E-state index contributed by atoms with van der Waals surface area (Å²) in [4.78, 5) is 3.32. The molecule has 19 heavy (non-hydrogen) atoms. The number of rotatable bonds is 6. The molecule has 2 N–H and O–H groups in total. The molecule has 5 heteroatoms. The van der Waals surface area contributed by atoms with Crippen LogP contribution in [0.1, 0.15) is 24.6 Å². The van der Waals surface area contributed by atoms with E-state index in [-0.39, 0.29) is 5.75 Å². The second kappa shape index (κ2) is 5.75. The lowest BCUT2D eigenvalue weighted by atomic mass is 10.1. The molecule has 2 rings (SSSR count). The summed E-state index contributed by atoms with van der Waals surface area (Å²) >= 11 is 0. The molecule has 104 valence electrons. The second-order valence-electron chi connectivity index (χ2n) is 4.74.